The SMILES string of the molecule is CC(C)NS(=O)(=O)Nc1ccc(C(F)(F)F)cc1CN. The van der Waals surface area contributed by atoms with Crippen LogP contribution in [0.1, 0.15) is 25.0 Å². The van der Waals surface area contributed by atoms with Crippen molar-refractivity contribution in [3.8, 4) is 0 Å². The van der Waals surface area contributed by atoms with Crippen molar-refractivity contribution in [1.29, 1.82) is 0 Å². The molecule has 9 heteroatoms. The second-order valence-corrected chi connectivity index (χ2v) is 5.90. The van der Waals surface area contributed by atoms with Gasteiger partial charge < -0.3 is 5.73 Å². The topological polar surface area (TPSA) is 84.2 Å². The van der Waals surface area contributed by atoms with E-state index in [0.717, 1.165) is 18.2 Å². The Kier molecular flexibility index (Phi) is 5.00. The van der Waals surface area contributed by atoms with Gasteiger partial charge in [-0.05, 0) is 37.6 Å². The normalized spacial score (nSPS) is 12.8. The summed E-state index contributed by atoms with van der Waals surface area (Å²) in [4.78, 5) is 0. The molecule has 0 spiro atoms. The Morgan fingerprint density at radius 1 is 1.30 bits per heavy atom. The van der Waals surface area contributed by atoms with Gasteiger partial charge in [0.2, 0.25) is 0 Å². The molecule has 0 fully saturated rings. The van der Waals surface area contributed by atoms with E-state index in [1.807, 2.05) is 0 Å². The van der Waals surface area contributed by atoms with E-state index in [2.05, 4.69) is 9.44 Å². The first kappa shape index (κ1) is 16.7. The third-order valence-corrected chi connectivity index (χ3v) is 3.56. The molecule has 0 heterocycles. The number of hydrogen-bond donors (Lipinski definition) is 3. The molecule has 0 aliphatic heterocycles. The Hall–Kier alpha value is -1.32. The third-order valence-electron chi connectivity index (χ3n) is 2.29. The molecule has 0 aliphatic carbocycles. The van der Waals surface area contributed by atoms with E-state index >= 15 is 0 Å². The van der Waals surface area contributed by atoms with E-state index in [4.69, 9.17) is 5.73 Å². The molecule has 0 saturated heterocycles. The molecule has 0 atom stereocenters. The molecule has 0 radical (unpaired) electrons. The fraction of sp³-hybridized carbons (Fsp3) is 0.455. The summed E-state index contributed by atoms with van der Waals surface area (Å²) >= 11 is 0. The number of nitrogens with two attached hydrogens (primary N) is 1. The lowest BCUT2D eigenvalue weighted by Crippen LogP contribution is -2.35. The van der Waals surface area contributed by atoms with Gasteiger partial charge in [0.05, 0.1) is 11.3 Å². The van der Waals surface area contributed by atoms with E-state index in [-0.39, 0.29) is 23.8 Å². The summed E-state index contributed by atoms with van der Waals surface area (Å²) in [5.41, 5.74) is 4.57. The van der Waals surface area contributed by atoms with E-state index < -0.39 is 21.9 Å². The highest BCUT2D eigenvalue weighted by atomic mass is 32.2. The molecule has 0 bridgehead atoms. The van der Waals surface area contributed by atoms with Crippen LogP contribution in [0.3, 0.4) is 0 Å². The van der Waals surface area contributed by atoms with Crippen molar-refractivity contribution in [2.24, 2.45) is 5.73 Å². The minimum absolute atomic E-state index is 0.0219. The molecule has 0 saturated carbocycles. The summed E-state index contributed by atoms with van der Waals surface area (Å²) in [7, 11) is -3.85. The fourth-order valence-corrected chi connectivity index (χ4v) is 2.69. The van der Waals surface area contributed by atoms with E-state index in [9.17, 15) is 21.6 Å². The number of alkyl halides is 3. The average molecular weight is 311 g/mol. The molecule has 20 heavy (non-hydrogen) atoms. The molecule has 1 aromatic carbocycles. The van der Waals surface area contributed by atoms with Crippen molar-refractivity contribution in [2.45, 2.75) is 32.6 Å². The molecule has 1 aromatic rings. The largest absolute Gasteiger partial charge is 0.416 e. The smallest absolute Gasteiger partial charge is 0.326 e. The lowest BCUT2D eigenvalue weighted by atomic mass is 10.1. The maximum absolute atomic E-state index is 12.6. The zero-order chi connectivity index (χ0) is 15.6. The molecule has 5 nitrogen and oxygen atoms in total. The van der Waals surface area contributed by atoms with Crippen LogP contribution in [-0.4, -0.2) is 14.5 Å². The maximum Gasteiger partial charge on any atom is 0.416 e. The molecule has 114 valence electrons. The predicted octanol–water partition coefficient (Wildman–Crippen LogP) is 1.82. The molecule has 0 amide bonds. The zero-order valence-corrected chi connectivity index (χ0v) is 11.8. The maximum atomic E-state index is 12.6. The zero-order valence-electron chi connectivity index (χ0n) is 11.0. The van der Waals surface area contributed by atoms with E-state index in [1.54, 1.807) is 13.8 Å². The summed E-state index contributed by atoms with van der Waals surface area (Å²) in [5.74, 6) is 0. The van der Waals surface area contributed by atoms with Crippen LogP contribution >= 0.6 is 0 Å². The van der Waals surface area contributed by atoms with Crippen LogP contribution < -0.4 is 15.2 Å². The van der Waals surface area contributed by atoms with Gasteiger partial charge in [-0.15, -0.1) is 0 Å². The summed E-state index contributed by atoms with van der Waals surface area (Å²) in [5, 5.41) is 0. The van der Waals surface area contributed by atoms with Crippen molar-refractivity contribution in [2.75, 3.05) is 4.72 Å². The van der Waals surface area contributed by atoms with Crippen LogP contribution in [0.2, 0.25) is 0 Å². The molecule has 1 rings (SSSR count). The number of anilines is 1. The standard InChI is InChI=1S/C11H16F3N3O2S/c1-7(2)16-20(18,19)17-10-4-3-9(11(12,13)14)5-8(10)6-15/h3-5,7,16-17H,6,15H2,1-2H3. The van der Waals surface area contributed by atoms with E-state index in [1.165, 1.54) is 0 Å². The van der Waals surface area contributed by atoms with Gasteiger partial charge in [-0.1, -0.05) is 0 Å². The van der Waals surface area contributed by atoms with Gasteiger partial charge >= 0.3 is 6.18 Å². The van der Waals surface area contributed by atoms with Crippen molar-refractivity contribution < 1.29 is 21.6 Å². The lowest BCUT2D eigenvalue weighted by molar-refractivity contribution is -0.137. The van der Waals surface area contributed by atoms with E-state index in [0.29, 0.717) is 0 Å². The van der Waals surface area contributed by atoms with Crippen LogP contribution in [0.25, 0.3) is 0 Å². The first-order valence-corrected chi connectivity index (χ1v) is 7.23. The summed E-state index contributed by atoms with van der Waals surface area (Å²) in [6.45, 7) is 3.02. The molecule has 0 aromatic heterocycles. The Bertz CT molecular complexity index is 571. The molecular formula is C11H16F3N3O2S. The minimum Gasteiger partial charge on any atom is -0.326 e. The average Bonchev–Trinajstić information content (AvgIpc) is 2.25. The van der Waals surface area contributed by atoms with Gasteiger partial charge in [-0.2, -0.15) is 26.3 Å². The second kappa shape index (κ2) is 5.98. The van der Waals surface area contributed by atoms with Crippen LogP contribution in [-0.2, 0) is 22.9 Å². The van der Waals surface area contributed by atoms with Gasteiger partial charge in [0, 0.05) is 12.6 Å². The number of benzene rings is 1. The van der Waals surface area contributed by atoms with Crippen molar-refractivity contribution in [3.05, 3.63) is 29.3 Å². The monoisotopic (exact) mass is 311 g/mol. The van der Waals surface area contributed by atoms with Crippen molar-refractivity contribution >= 4 is 15.9 Å². The van der Waals surface area contributed by atoms with Gasteiger partial charge in [-0.25, -0.2) is 0 Å². The summed E-state index contributed by atoms with van der Waals surface area (Å²) < 4.78 is 65.4. The fourth-order valence-electron chi connectivity index (χ4n) is 1.52. The number of nitrogens with one attached hydrogen (secondary N) is 2. The van der Waals surface area contributed by atoms with Crippen LogP contribution in [0.5, 0.6) is 0 Å². The predicted molar refractivity (Wildman–Crippen MR) is 70.1 cm³/mol. The van der Waals surface area contributed by atoms with Gasteiger partial charge in [0.1, 0.15) is 0 Å². The molecular weight excluding hydrogens is 295 g/mol. The van der Waals surface area contributed by atoms with Gasteiger partial charge in [-0.3, -0.25) is 4.72 Å². The molecule has 4 N–H and O–H groups in total. The summed E-state index contributed by atoms with van der Waals surface area (Å²) in [6.07, 6.45) is -4.50. The van der Waals surface area contributed by atoms with Crippen LogP contribution in [0, 0.1) is 0 Å². The number of halogens is 3. The van der Waals surface area contributed by atoms with Crippen LogP contribution in [0.15, 0.2) is 18.2 Å². The highest BCUT2D eigenvalue weighted by Crippen LogP contribution is 2.31. The molecule has 0 aliphatic rings. The number of hydrogen-bond acceptors (Lipinski definition) is 3. The highest BCUT2D eigenvalue weighted by Gasteiger charge is 2.31. The Labute approximate surface area is 115 Å². The summed E-state index contributed by atoms with van der Waals surface area (Å²) in [6, 6.07) is 2.33. The second-order valence-electron chi connectivity index (χ2n) is 4.45. The quantitative estimate of drug-likeness (QED) is 0.775. The minimum atomic E-state index is -4.50. The molecule has 0 unspecified atom stereocenters. The highest BCUT2D eigenvalue weighted by molar-refractivity contribution is 7.90. The van der Waals surface area contributed by atoms with Gasteiger partial charge in [0.25, 0.3) is 10.2 Å². The van der Waals surface area contributed by atoms with Crippen molar-refractivity contribution in [1.82, 2.24) is 4.72 Å². The third kappa shape index (κ3) is 4.66. The first-order chi connectivity index (χ1) is 9.05. The number of rotatable bonds is 5. The van der Waals surface area contributed by atoms with Crippen LogP contribution in [0.4, 0.5) is 18.9 Å². The Morgan fingerprint density at radius 3 is 2.35 bits per heavy atom. The van der Waals surface area contributed by atoms with Gasteiger partial charge in [0.15, 0.2) is 0 Å². The van der Waals surface area contributed by atoms with Crippen molar-refractivity contribution in [3.63, 3.8) is 0 Å². The first-order valence-electron chi connectivity index (χ1n) is 5.75. The lowest BCUT2D eigenvalue weighted by Gasteiger charge is -2.16. The Morgan fingerprint density at radius 2 is 1.90 bits per heavy atom. The Balaban J connectivity index is 3.09.